The highest BCUT2D eigenvalue weighted by atomic mass is 16.4. The highest BCUT2D eigenvalue weighted by molar-refractivity contribution is 5.92. The summed E-state index contributed by atoms with van der Waals surface area (Å²) in [5.41, 5.74) is 6.98. The molecular weight excluding hydrogens is 346 g/mol. The van der Waals surface area contributed by atoms with Gasteiger partial charge in [0, 0.05) is 6.54 Å². The van der Waals surface area contributed by atoms with Crippen molar-refractivity contribution in [1.82, 2.24) is 10.2 Å². The molecule has 1 aromatic carbocycles. The third-order valence-electron chi connectivity index (χ3n) is 5.23. The molecule has 2 amide bonds. The topological polar surface area (TPSA) is 113 Å². The lowest BCUT2D eigenvalue weighted by atomic mass is 9.96. The first-order chi connectivity index (χ1) is 12.8. The van der Waals surface area contributed by atoms with Crippen LogP contribution in [0.5, 0.6) is 0 Å². The molecule has 148 valence electrons. The van der Waals surface area contributed by atoms with Gasteiger partial charge in [-0.1, -0.05) is 50.6 Å². The van der Waals surface area contributed by atoms with E-state index in [0.29, 0.717) is 32.2 Å². The summed E-state index contributed by atoms with van der Waals surface area (Å²) in [5.74, 6) is -1.87. The summed E-state index contributed by atoms with van der Waals surface area (Å²) in [6, 6.07) is 7.07. The number of carbonyl (C=O) groups is 3. The Hall–Kier alpha value is -2.41. The van der Waals surface area contributed by atoms with Gasteiger partial charge in [0.25, 0.3) is 0 Å². The van der Waals surface area contributed by atoms with Gasteiger partial charge in [-0.25, -0.2) is 4.79 Å². The van der Waals surface area contributed by atoms with Crippen molar-refractivity contribution in [2.24, 2.45) is 11.7 Å². The number of amides is 2. The van der Waals surface area contributed by atoms with Gasteiger partial charge in [0.15, 0.2) is 0 Å². The van der Waals surface area contributed by atoms with Gasteiger partial charge in [0.1, 0.15) is 12.1 Å². The highest BCUT2D eigenvalue weighted by Gasteiger charge is 2.39. The Kier molecular flexibility index (Phi) is 7.36. The predicted molar refractivity (Wildman–Crippen MR) is 102 cm³/mol. The molecule has 1 saturated heterocycles. The maximum Gasteiger partial charge on any atom is 0.326 e. The molecule has 7 nitrogen and oxygen atoms in total. The molecule has 4 unspecified atom stereocenters. The Labute approximate surface area is 159 Å². The average molecular weight is 375 g/mol. The van der Waals surface area contributed by atoms with E-state index in [0.717, 1.165) is 5.56 Å². The summed E-state index contributed by atoms with van der Waals surface area (Å²) in [4.78, 5) is 38.4. The van der Waals surface area contributed by atoms with Crippen LogP contribution < -0.4 is 11.1 Å². The van der Waals surface area contributed by atoms with Crippen molar-refractivity contribution >= 4 is 17.8 Å². The van der Waals surface area contributed by atoms with E-state index < -0.39 is 30.0 Å². The smallest absolute Gasteiger partial charge is 0.326 e. The summed E-state index contributed by atoms with van der Waals surface area (Å²) < 4.78 is 0. The first-order valence-corrected chi connectivity index (χ1v) is 9.48. The number of carboxylic acid groups (broad SMARTS) is 1. The van der Waals surface area contributed by atoms with Crippen molar-refractivity contribution in [3.63, 3.8) is 0 Å². The SMILES string of the molecule is CCC(C)C(NC(=O)C(N)Cc1ccccc1)C(=O)N1CCCC1C(=O)O. The molecular formula is C20H29N3O4. The molecule has 4 N–H and O–H groups in total. The number of hydrogen-bond acceptors (Lipinski definition) is 4. The monoisotopic (exact) mass is 375 g/mol. The van der Waals surface area contributed by atoms with Crippen LogP contribution in [0.25, 0.3) is 0 Å². The summed E-state index contributed by atoms with van der Waals surface area (Å²) >= 11 is 0. The van der Waals surface area contributed by atoms with Gasteiger partial charge >= 0.3 is 5.97 Å². The van der Waals surface area contributed by atoms with Crippen LogP contribution in [0.15, 0.2) is 30.3 Å². The normalized spacial score (nSPS) is 20.0. The predicted octanol–water partition coefficient (Wildman–Crippen LogP) is 1.16. The summed E-state index contributed by atoms with van der Waals surface area (Å²) in [5, 5.41) is 12.1. The second-order valence-electron chi connectivity index (χ2n) is 7.20. The van der Waals surface area contributed by atoms with E-state index in [4.69, 9.17) is 5.73 Å². The standard InChI is InChI=1S/C20H29N3O4/c1-3-13(2)17(19(25)23-11-7-10-16(23)20(26)27)22-18(24)15(21)12-14-8-5-4-6-9-14/h4-6,8-9,13,15-17H,3,7,10-12,21H2,1-2H3,(H,22,24)(H,26,27). The van der Waals surface area contributed by atoms with E-state index in [2.05, 4.69) is 5.32 Å². The Morgan fingerprint density at radius 3 is 2.56 bits per heavy atom. The number of nitrogens with two attached hydrogens (primary N) is 1. The van der Waals surface area contributed by atoms with Crippen LogP contribution in [0.2, 0.25) is 0 Å². The molecule has 0 spiro atoms. The Balaban J connectivity index is 2.08. The third kappa shape index (κ3) is 5.29. The van der Waals surface area contributed by atoms with Crippen LogP contribution >= 0.6 is 0 Å². The first kappa shape index (κ1) is 20.9. The zero-order valence-electron chi connectivity index (χ0n) is 15.9. The van der Waals surface area contributed by atoms with Gasteiger partial charge in [-0.05, 0) is 30.7 Å². The lowest BCUT2D eigenvalue weighted by molar-refractivity contribution is -0.150. The minimum Gasteiger partial charge on any atom is -0.480 e. The zero-order chi connectivity index (χ0) is 20.0. The van der Waals surface area contributed by atoms with E-state index in [1.54, 1.807) is 0 Å². The van der Waals surface area contributed by atoms with Crippen LogP contribution in [0.4, 0.5) is 0 Å². The van der Waals surface area contributed by atoms with Gasteiger partial charge in [0.2, 0.25) is 11.8 Å². The van der Waals surface area contributed by atoms with Crippen molar-refractivity contribution in [2.45, 2.75) is 57.7 Å². The van der Waals surface area contributed by atoms with Crippen LogP contribution in [0.1, 0.15) is 38.7 Å². The van der Waals surface area contributed by atoms with Crippen molar-refractivity contribution in [3.8, 4) is 0 Å². The third-order valence-corrected chi connectivity index (χ3v) is 5.23. The number of carbonyl (C=O) groups excluding carboxylic acids is 2. The quantitative estimate of drug-likeness (QED) is 0.631. The summed E-state index contributed by atoms with van der Waals surface area (Å²) in [6.07, 6.45) is 2.14. The fraction of sp³-hybridized carbons (Fsp3) is 0.550. The van der Waals surface area contributed by atoms with Gasteiger partial charge in [-0.15, -0.1) is 0 Å². The van der Waals surface area contributed by atoms with Gasteiger partial charge in [-0.2, -0.15) is 0 Å². The van der Waals surface area contributed by atoms with Crippen molar-refractivity contribution in [3.05, 3.63) is 35.9 Å². The van der Waals surface area contributed by atoms with Crippen LogP contribution in [0.3, 0.4) is 0 Å². The number of nitrogens with one attached hydrogen (secondary N) is 1. The fourth-order valence-electron chi connectivity index (χ4n) is 3.37. The molecule has 0 aliphatic carbocycles. The van der Waals surface area contributed by atoms with Crippen LogP contribution in [-0.4, -0.2) is 52.5 Å². The second kappa shape index (κ2) is 9.50. The molecule has 2 rings (SSSR count). The molecule has 7 heteroatoms. The second-order valence-corrected chi connectivity index (χ2v) is 7.20. The molecule has 1 aliphatic heterocycles. The van der Waals surface area contributed by atoms with E-state index in [1.165, 1.54) is 4.90 Å². The molecule has 0 aromatic heterocycles. The highest BCUT2D eigenvalue weighted by Crippen LogP contribution is 2.21. The van der Waals surface area contributed by atoms with Gasteiger partial charge < -0.3 is 21.1 Å². The molecule has 1 heterocycles. The van der Waals surface area contributed by atoms with Crippen molar-refractivity contribution in [1.29, 1.82) is 0 Å². The van der Waals surface area contributed by atoms with Crippen molar-refractivity contribution < 1.29 is 19.5 Å². The van der Waals surface area contributed by atoms with Crippen LogP contribution in [-0.2, 0) is 20.8 Å². The molecule has 27 heavy (non-hydrogen) atoms. The number of aliphatic carboxylic acids is 1. The van der Waals surface area contributed by atoms with Gasteiger partial charge in [0.05, 0.1) is 6.04 Å². The van der Waals surface area contributed by atoms with E-state index >= 15 is 0 Å². The summed E-state index contributed by atoms with van der Waals surface area (Å²) in [7, 11) is 0. The molecule has 0 saturated carbocycles. The average Bonchev–Trinajstić information content (AvgIpc) is 3.15. The number of rotatable bonds is 8. The Bertz CT molecular complexity index is 664. The molecule has 4 atom stereocenters. The molecule has 1 aliphatic rings. The van der Waals surface area contributed by atoms with Gasteiger partial charge in [-0.3, -0.25) is 9.59 Å². The van der Waals surface area contributed by atoms with Crippen molar-refractivity contribution in [2.75, 3.05) is 6.54 Å². The molecule has 0 bridgehead atoms. The van der Waals surface area contributed by atoms with E-state index in [-0.39, 0.29) is 11.8 Å². The molecule has 0 radical (unpaired) electrons. The maximum atomic E-state index is 13.0. The number of hydrogen-bond donors (Lipinski definition) is 3. The maximum absolute atomic E-state index is 13.0. The zero-order valence-corrected chi connectivity index (χ0v) is 15.9. The van der Waals surface area contributed by atoms with E-state index in [9.17, 15) is 19.5 Å². The lowest BCUT2D eigenvalue weighted by Gasteiger charge is -2.31. The number of likely N-dealkylation sites (tertiary alicyclic amines) is 1. The lowest BCUT2D eigenvalue weighted by Crippen LogP contribution is -2.57. The molecule has 1 fully saturated rings. The Morgan fingerprint density at radius 2 is 1.96 bits per heavy atom. The van der Waals surface area contributed by atoms with Crippen LogP contribution in [0, 0.1) is 5.92 Å². The summed E-state index contributed by atoms with van der Waals surface area (Å²) in [6.45, 7) is 4.20. The van der Waals surface area contributed by atoms with E-state index in [1.807, 2.05) is 44.2 Å². The number of nitrogens with zero attached hydrogens (tertiary/aromatic N) is 1. The molecule has 1 aromatic rings. The fourth-order valence-corrected chi connectivity index (χ4v) is 3.37. The number of carboxylic acids is 1. The number of benzene rings is 1. The minimum atomic E-state index is -1.00. The Morgan fingerprint density at radius 1 is 1.30 bits per heavy atom. The minimum absolute atomic E-state index is 0.125. The first-order valence-electron chi connectivity index (χ1n) is 9.48. The largest absolute Gasteiger partial charge is 0.480 e.